The Labute approximate surface area is 186 Å². The predicted octanol–water partition coefficient (Wildman–Crippen LogP) is 6.29. The number of H-pyrrole nitrogens is 1. The van der Waals surface area contributed by atoms with Crippen molar-refractivity contribution in [3.8, 4) is 0 Å². The fraction of sp³-hybridized carbons (Fsp3) is 0.167. The summed E-state index contributed by atoms with van der Waals surface area (Å²) in [5.41, 5.74) is 1.49. The van der Waals surface area contributed by atoms with E-state index in [1.807, 2.05) is 42.9 Å². The van der Waals surface area contributed by atoms with Crippen molar-refractivity contribution >= 4 is 30.7 Å². The van der Waals surface area contributed by atoms with Crippen molar-refractivity contribution in [3.63, 3.8) is 0 Å². The molecule has 0 aliphatic heterocycles. The van der Waals surface area contributed by atoms with Crippen LogP contribution in [0.2, 0.25) is 0 Å². The van der Waals surface area contributed by atoms with E-state index in [-0.39, 0.29) is 19.5 Å². The average Bonchev–Trinajstić information content (AvgIpc) is 3.32. The van der Waals surface area contributed by atoms with Crippen LogP contribution in [0, 0.1) is 6.42 Å². The monoisotopic (exact) mass is 559 g/mol. The number of nitrogens with one attached hydrogen (secondary N) is 1. The first-order valence-electron chi connectivity index (χ1n) is 8.08. The fourth-order valence-corrected chi connectivity index (χ4v) is 2.18. The molecule has 1 heterocycles. The molecular formula is C18H18F6NO4PRu. The number of hydrogen-bond donors (Lipinski definition) is 1. The number of fused-ring (bicyclic) bond motifs is 1. The number of benzene rings is 1. The molecule has 1 aromatic carbocycles. The molecule has 0 amide bonds. The second-order valence-corrected chi connectivity index (χ2v) is 7.64. The maximum absolute atomic E-state index is 11.7. The molecular weight excluding hydrogens is 540 g/mol. The third kappa shape index (κ3) is 13.0. The van der Waals surface area contributed by atoms with Gasteiger partial charge in [0.2, 0.25) is 0 Å². The van der Waals surface area contributed by atoms with Gasteiger partial charge in [-0.25, -0.2) is 0 Å². The number of hydrogen-bond acceptors (Lipinski definition) is 4. The molecule has 0 fully saturated rings. The zero-order chi connectivity index (χ0) is 23.1. The Balaban J connectivity index is 0.000000571. The Bertz CT molecular complexity index is 920. The van der Waals surface area contributed by atoms with Gasteiger partial charge in [-0.1, -0.05) is 30.4 Å². The van der Waals surface area contributed by atoms with Crippen LogP contribution >= 0.6 is 7.81 Å². The number of methoxy groups -OCH3 is 2. The summed E-state index contributed by atoms with van der Waals surface area (Å²) in [5.74, 6) is -2.30. The van der Waals surface area contributed by atoms with Crippen molar-refractivity contribution in [2.45, 2.75) is 5.92 Å². The number of ether oxygens (including phenoxy) is 2. The molecule has 3 rings (SSSR count). The van der Waals surface area contributed by atoms with E-state index >= 15 is 0 Å². The van der Waals surface area contributed by atoms with Crippen LogP contribution in [-0.4, -0.2) is 31.1 Å². The van der Waals surface area contributed by atoms with Crippen molar-refractivity contribution in [1.82, 2.24) is 4.98 Å². The van der Waals surface area contributed by atoms with Gasteiger partial charge in [-0.3, -0.25) is 9.59 Å². The van der Waals surface area contributed by atoms with Crippen LogP contribution in [0.5, 0.6) is 0 Å². The summed E-state index contributed by atoms with van der Waals surface area (Å²) < 4.78 is 68.5. The molecule has 0 saturated carbocycles. The third-order valence-corrected chi connectivity index (χ3v) is 3.34. The number of halogens is 6. The van der Waals surface area contributed by atoms with Crippen LogP contribution in [0.3, 0.4) is 0 Å². The molecule has 1 N–H and O–H groups in total. The van der Waals surface area contributed by atoms with E-state index in [2.05, 4.69) is 14.5 Å². The Morgan fingerprint density at radius 3 is 1.74 bits per heavy atom. The maximum atomic E-state index is 11.7. The first-order chi connectivity index (χ1) is 13.6. The number of carbonyl (C=O) groups excluding carboxylic acids is 2. The zero-order valence-electron chi connectivity index (χ0n) is 16.1. The number of aromatic nitrogens is 1. The molecule has 2 radical (unpaired) electrons. The first kappa shape index (κ1) is 28.8. The van der Waals surface area contributed by atoms with E-state index in [0.717, 1.165) is 10.9 Å². The number of carbonyl (C=O) groups is 2. The molecule has 0 bridgehead atoms. The van der Waals surface area contributed by atoms with Crippen molar-refractivity contribution in [2.75, 3.05) is 14.2 Å². The van der Waals surface area contributed by atoms with Crippen molar-refractivity contribution < 1.29 is 63.7 Å². The Hall–Kier alpha value is -2.19. The molecule has 0 saturated heterocycles. The summed E-state index contributed by atoms with van der Waals surface area (Å²) in [6.07, 6.45) is 11.8. The van der Waals surface area contributed by atoms with Gasteiger partial charge in [0.25, 0.3) is 0 Å². The van der Waals surface area contributed by atoms with Gasteiger partial charge < -0.3 is 14.5 Å². The van der Waals surface area contributed by atoms with Gasteiger partial charge >= 0.3 is 64.4 Å². The molecule has 0 atom stereocenters. The number of esters is 2. The maximum Gasteiger partial charge on any atom is 1.00 e. The summed E-state index contributed by atoms with van der Waals surface area (Å²) in [4.78, 5) is 26.4. The summed E-state index contributed by atoms with van der Waals surface area (Å²) in [7, 11) is -8.17. The number of rotatable bonds is 3. The Kier molecular flexibility index (Phi) is 9.68. The van der Waals surface area contributed by atoms with Gasteiger partial charge in [-0.15, -0.1) is 0 Å². The minimum absolute atomic E-state index is 0. The van der Waals surface area contributed by atoms with Gasteiger partial charge in [0, 0.05) is 18.1 Å². The average molecular weight is 558 g/mol. The zero-order valence-corrected chi connectivity index (χ0v) is 18.7. The molecule has 5 nitrogen and oxygen atoms in total. The minimum atomic E-state index is -10.7. The second kappa shape index (κ2) is 10.4. The molecule has 0 spiro atoms. The normalized spacial score (nSPS) is 14.2. The molecule has 31 heavy (non-hydrogen) atoms. The smallest absolute Gasteiger partial charge is 0.0767 e. The van der Waals surface area contributed by atoms with Crippen molar-refractivity contribution in [3.05, 3.63) is 66.8 Å². The standard InChI is InChI=1S/C13H13NO4.C5H5.F6P.Ru/c1-17-12(15)11(13(16)18-2)9-3-4-10-8(7-9)5-6-14-10;1-2-4-5-3-1;1-7(2,3,4,5)6;/h3-7,11,14H,1-2H3;1-5H;;/q;;-1;+1. The summed E-state index contributed by atoms with van der Waals surface area (Å²) in [6.45, 7) is 0. The van der Waals surface area contributed by atoms with E-state index in [1.54, 1.807) is 18.3 Å². The Morgan fingerprint density at radius 1 is 0.871 bits per heavy atom. The third-order valence-electron chi connectivity index (χ3n) is 3.34. The molecule has 1 aliphatic carbocycles. The van der Waals surface area contributed by atoms with Gasteiger partial charge in [-0.2, -0.15) is 0 Å². The van der Waals surface area contributed by atoms with E-state index < -0.39 is 25.7 Å². The quantitative estimate of drug-likeness (QED) is 0.158. The van der Waals surface area contributed by atoms with Gasteiger partial charge in [0.05, 0.1) is 14.2 Å². The van der Waals surface area contributed by atoms with Gasteiger partial charge in [-0.05, 0) is 29.1 Å². The minimum Gasteiger partial charge on any atom is -0.0767 e. The second-order valence-electron chi connectivity index (χ2n) is 5.72. The van der Waals surface area contributed by atoms with Crippen molar-refractivity contribution in [1.29, 1.82) is 0 Å². The summed E-state index contributed by atoms with van der Waals surface area (Å²) >= 11 is 0. The number of aromatic amines is 1. The number of allylic oxidation sites excluding steroid dienone is 4. The SMILES string of the molecule is COC(=O)C(C(=O)OC)c1ccc2[nH]ccc2c1.F[P-](F)(F)(F)(F)F.[CH]1C=CC=C1.[Ru+]. The van der Waals surface area contributed by atoms with Crippen LogP contribution < -0.4 is 0 Å². The fourth-order valence-electron chi connectivity index (χ4n) is 2.18. The van der Waals surface area contributed by atoms with Gasteiger partial charge in [0.1, 0.15) is 0 Å². The van der Waals surface area contributed by atoms with Crippen LogP contribution in [0.4, 0.5) is 25.2 Å². The van der Waals surface area contributed by atoms with E-state index in [4.69, 9.17) is 0 Å². The van der Waals surface area contributed by atoms with Gasteiger partial charge in [0.15, 0.2) is 5.92 Å². The molecule has 1 aliphatic rings. The molecule has 2 aromatic rings. The predicted molar refractivity (Wildman–Crippen MR) is 101 cm³/mol. The van der Waals surface area contributed by atoms with E-state index in [0.29, 0.717) is 5.56 Å². The topological polar surface area (TPSA) is 68.4 Å². The summed E-state index contributed by atoms with van der Waals surface area (Å²) in [5, 5.41) is 0.922. The van der Waals surface area contributed by atoms with Crippen LogP contribution in [-0.2, 0) is 38.5 Å². The Morgan fingerprint density at radius 2 is 1.35 bits per heavy atom. The largest absolute Gasteiger partial charge is 1.00 e. The van der Waals surface area contributed by atoms with E-state index in [9.17, 15) is 34.8 Å². The molecule has 0 unspecified atom stereocenters. The van der Waals surface area contributed by atoms with Crippen LogP contribution in [0.15, 0.2) is 54.8 Å². The first-order valence-corrected chi connectivity index (χ1v) is 10.1. The molecule has 174 valence electrons. The molecule has 13 heteroatoms. The molecule has 1 aromatic heterocycles. The van der Waals surface area contributed by atoms with Crippen LogP contribution in [0.1, 0.15) is 11.5 Å². The van der Waals surface area contributed by atoms with Crippen molar-refractivity contribution in [2.24, 2.45) is 0 Å². The van der Waals surface area contributed by atoms with Crippen LogP contribution in [0.25, 0.3) is 10.9 Å². The summed E-state index contributed by atoms with van der Waals surface area (Å²) in [6, 6.07) is 7.15. The van der Waals surface area contributed by atoms with E-state index in [1.165, 1.54) is 14.2 Å².